The Labute approximate surface area is 264 Å². The van der Waals surface area contributed by atoms with Crippen LogP contribution in [0.4, 0.5) is 11.5 Å². The van der Waals surface area contributed by atoms with Gasteiger partial charge in [0.15, 0.2) is 5.82 Å². The smallest absolute Gasteiger partial charge is 0.306 e. The van der Waals surface area contributed by atoms with Crippen molar-refractivity contribution in [2.75, 3.05) is 36.8 Å². The lowest BCUT2D eigenvalue weighted by molar-refractivity contribution is -0.143. The molecule has 3 aromatic rings. The highest BCUT2D eigenvalue weighted by molar-refractivity contribution is 5.74. The summed E-state index contributed by atoms with van der Waals surface area (Å²) >= 11 is 0. The van der Waals surface area contributed by atoms with Crippen molar-refractivity contribution in [1.29, 1.82) is 0 Å². The van der Waals surface area contributed by atoms with Gasteiger partial charge in [-0.05, 0) is 118 Å². The van der Waals surface area contributed by atoms with Gasteiger partial charge in [-0.25, -0.2) is 9.97 Å². The second kappa shape index (κ2) is 11.2. The zero-order valence-electron chi connectivity index (χ0n) is 25.8. The number of anilines is 2. The Balaban J connectivity index is 0.910. The van der Waals surface area contributed by atoms with Crippen molar-refractivity contribution in [1.82, 2.24) is 25.1 Å². The second-order valence-corrected chi connectivity index (χ2v) is 14.4. The fourth-order valence-electron chi connectivity index (χ4n) is 9.77. The summed E-state index contributed by atoms with van der Waals surface area (Å²) in [4.78, 5) is 26.5. The Bertz CT molecular complexity index is 1560. The fraction of sp³-hybridized carbons (Fsp3) is 0.571. The van der Waals surface area contributed by atoms with E-state index in [9.17, 15) is 15.0 Å². The largest absolute Gasteiger partial charge is 0.507 e. The molecule has 0 radical (unpaired) electrons. The number of nitrogens with zero attached hydrogens (tertiary/aromatic N) is 6. The Hall–Kier alpha value is -3.79. The molecule has 4 unspecified atom stereocenters. The Morgan fingerprint density at radius 2 is 1.71 bits per heavy atom. The molecule has 4 heterocycles. The highest BCUT2D eigenvalue weighted by Gasteiger charge is 2.63. The minimum atomic E-state index is -0.626. The van der Waals surface area contributed by atoms with Gasteiger partial charge in [0, 0.05) is 42.5 Å². The van der Waals surface area contributed by atoms with E-state index in [1.54, 1.807) is 12.1 Å². The SMILES string of the molecule is Nc1nnc(-c2ccccc2O)cc1N1CC2CC3C(C1)CC3(c1ncc(C3CCN(C4CCC(C(=O)O)CC4)CC3)cn1)C2. The summed E-state index contributed by atoms with van der Waals surface area (Å²) in [7, 11) is 0. The molecule has 10 heteroatoms. The number of para-hydroxylation sites is 1. The zero-order valence-corrected chi connectivity index (χ0v) is 25.8. The highest BCUT2D eigenvalue weighted by atomic mass is 16.4. The molecule has 2 aliphatic heterocycles. The minimum absolute atomic E-state index is 0.0984. The van der Waals surface area contributed by atoms with Crippen LogP contribution in [0.5, 0.6) is 5.75 Å². The summed E-state index contributed by atoms with van der Waals surface area (Å²) in [6.45, 7) is 4.02. The lowest BCUT2D eigenvalue weighted by Gasteiger charge is -2.52. The van der Waals surface area contributed by atoms with Crippen LogP contribution in [0.2, 0.25) is 0 Å². The molecule has 45 heavy (non-hydrogen) atoms. The van der Waals surface area contributed by atoms with E-state index < -0.39 is 5.97 Å². The van der Waals surface area contributed by atoms with Gasteiger partial charge in [0.05, 0.1) is 17.3 Å². The molecule has 236 valence electrons. The maximum atomic E-state index is 11.3. The lowest BCUT2D eigenvalue weighted by Crippen LogP contribution is -2.54. The van der Waals surface area contributed by atoms with Crippen LogP contribution in [0.3, 0.4) is 0 Å². The number of rotatable bonds is 6. The molecule has 0 amide bonds. The van der Waals surface area contributed by atoms with Crippen molar-refractivity contribution < 1.29 is 15.0 Å². The predicted molar refractivity (Wildman–Crippen MR) is 171 cm³/mol. The molecule has 0 spiro atoms. The summed E-state index contributed by atoms with van der Waals surface area (Å²) in [6, 6.07) is 9.74. The molecule has 1 aromatic carbocycles. The number of carboxylic acid groups (broad SMARTS) is 1. The number of carbonyl (C=O) groups is 1. The van der Waals surface area contributed by atoms with Gasteiger partial charge in [-0.2, -0.15) is 0 Å². The predicted octanol–water partition coefficient (Wildman–Crippen LogP) is 4.85. The van der Waals surface area contributed by atoms with Crippen molar-refractivity contribution in [2.24, 2.45) is 23.7 Å². The number of nitrogens with two attached hydrogens (primary N) is 1. The van der Waals surface area contributed by atoms with E-state index in [0.29, 0.717) is 46.8 Å². The number of likely N-dealkylation sites (tertiary alicyclic amines) is 1. The van der Waals surface area contributed by atoms with E-state index in [-0.39, 0.29) is 17.1 Å². The van der Waals surface area contributed by atoms with Crippen molar-refractivity contribution in [3.63, 3.8) is 0 Å². The number of nitrogen functional groups attached to an aromatic ring is 1. The van der Waals surface area contributed by atoms with Crippen molar-refractivity contribution in [3.05, 3.63) is 54.1 Å². The number of carboxylic acids is 1. The van der Waals surface area contributed by atoms with Crippen LogP contribution in [0.15, 0.2) is 42.7 Å². The number of aromatic hydroxyl groups is 1. The van der Waals surface area contributed by atoms with Crippen molar-refractivity contribution in [2.45, 2.75) is 75.2 Å². The minimum Gasteiger partial charge on any atom is -0.507 e. The van der Waals surface area contributed by atoms with E-state index >= 15 is 0 Å². The number of piperidine rings is 1. The second-order valence-electron chi connectivity index (χ2n) is 14.4. The monoisotopic (exact) mass is 609 g/mol. The van der Waals surface area contributed by atoms with Crippen LogP contribution in [0.1, 0.15) is 75.1 Å². The van der Waals surface area contributed by atoms with E-state index in [1.807, 2.05) is 18.2 Å². The summed E-state index contributed by atoms with van der Waals surface area (Å²) in [5, 5.41) is 28.3. The molecule has 10 nitrogen and oxygen atoms in total. The maximum absolute atomic E-state index is 11.3. The van der Waals surface area contributed by atoms with Gasteiger partial charge in [-0.15, -0.1) is 10.2 Å². The average Bonchev–Trinajstić information content (AvgIpc) is 3.25. The van der Waals surface area contributed by atoms with Crippen LogP contribution in [-0.2, 0) is 10.2 Å². The summed E-state index contributed by atoms with van der Waals surface area (Å²) in [5.74, 6) is 3.10. The summed E-state index contributed by atoms with van der Waals surface area (Å²) in [5.41, 5.74) is 9.95. The number of phenols is 1. The van der Waals surface area contributed by atoms with Gasteiger partial charge < -0.3 is 25.7 Å². The molecule has 5 fully saturated rings. The average molecular weight is 610 g/mol. The quantitative estimate of drug-likeness (QED) is 0.355. The van der Waals surface area contributed by atoms with Crippen molar-refractivity contribution >= 4 is 17.5 Å². The molecule has 4 N–H and O–H groups in total. The van der Waals surface area contributed by atoms with Crippen LogP contribution in [0, 0.1) is 23.7 Å². The standard InChI is InChI=1S/C35H43N7O3/c36-32-30(14-29(39-40-32)27-3-1-2-4-31(27)43)42-19-21-13-28-24(20-42)16-35(28,15-21)34-37-17-25(18-38-34)22-9-11-41(12-10-22)26-7-5-23(6-8-26)33(44)45/h1-4,14,17-18,21-24,26,28,43H,5-13,15-16,19-20H2,(H2,36,40)(H,44,45). The highest BCUT2D eigenvalue weighted by Crippen LogP contribution is 2.64. The van der Waals surface area contributed by atoms with E-state index in [0.717, 1.165) is 89.1 Å². The normalized spacial score (nSPS) is 31.7. The third-order valence-electron chi connectivity index (χ3n) is 12.1. The molecule has 2 saturated heterocycles. The molecular weight excluding hydrogens is 566 g/mol. The third-order valence-corrected chi connectivity index (χ3v) is 12.1. The molecule has 3 saturated carbocycles. The van der Waals surface area contributed by atoms with Crippen LogP contribution in [-0.4, -0.2) is 73.5 Å². The van der Waals surface area contributed by atoms with Gasteiger partial charge in [-0.3, -0.25) is 4.79 Å². The Kier molecular flexibility index (Phi) is 7.15. The molecule has 4 atom stereocenters. The molecule has 5 aliphatic rings. The Morgan fingerprint density at radius 1 is 0.956 bits per heavy atom. The number of phenolic OH excluding ortho intramolecular Hbond substituents is 1. The third kappa shape index (κ3) is 5.01. The van der Waals surface area contributed by atoms with Gasteiger partial charge in [-0.1, -0.05) is 12.1 Å². The van der Waals surface area contributed by atoms with Gasteiger partial charge in [0.1, 0.15) is 11.6 Å². The number of fused-ring (bicyclic) bond motifs is 1. The number of aromatic nitrogens is 4. The fourth-order valence-corrected chi connectivity index (χ4v) is 9.77. The first-order chi connectivity index (χ1) is 21.9. The zero-order chi connectivity index (χ0) is 30.7. The Morgan fingerprint density at radius 3 is 2.44 bits per heavy atom. The molecule has 2 bridgehead atoms. The molecule has 2 aromatic heterocycles. The maximum Gasteiger partial charge on any atom is 0.306 e. The van der Waals surface area contributed by atoms with Crippen LogP contribution >= 0.6 is 0 Å². The van der Waals surface area contributed by atoms with Gasteiger partial charge in [0.2, 0.25) is 0 Å². The molecule has 8 rings (SSSR count). The number of hydrogen-bond acceptors (Lipinski definition) is 9. The van der Waals surface area contributed by atoms with E-state index in [1.165, 1.54) is 12.0 Å². The van der Waals surface area contributed by atoms with E-state index in [4.69, 9.17) is 15.7 Å². The first-order valence-corrected chi connectivity index (χ1v) is 16.8. The first kappa shape index (κ1) is 28.7. The first-order valence-electron chi connectivity index (χ1n) is 16.8. The number of benzene rings is 1. The summed E-state index contributed by atoms with van der Waals surface area (Å²) < 4.78 is 0. The number of hydrogen-bond donors (Lipinski definition) is 3. The lowest BCUT2D eigenvalue weighted by atomic mass is 9.54. The van der Waals surface area contributed by atoms with Gasteiger partial charge >= 0.3 is 5.97 Å². The van der Waals surface area contributed by atoms with E-state index in [2.05, 4.69) is 32.4 Å². The van der Waals surface area contributed by atoms with Crippen LogP contribution < -0.4 is 10.6 Å². The summed E-state index contributed by atoms with van der Waals surface area (Å²) in [6.07, 6.45) is 13.5. The number of aliphatic carboxylic acids is 1. The molecule has 3 aliphatic carbocycles. The van der Waals surface area contributed by atoms with Gasteiger partial charge in [0.25, 0.3) is 0 Å². The molecular formula is C35H43N7O3. The van der Waals surface area contributed by atoms with Crippen LogP contribution in [0.25, 0.3) is 11.3 Å². The van der Waals surface area contributed by atoms with Crippen molar-refractivity contribution in [3.8, 4) is 17.0 Å². The topological polar surface area (TPSA) is 142 Å².